The predicted molar refractivity (Wildman–Crippen MR) is 76.8 cm³/mol. The number of aromatic nitrogens is 1. The molecule has 21 heavy (non-hydrogen) atoms. The molecule has 4 heterocycles. The zero-order valence-electron chi connectivity index (χ0n) is 11.8. The Labute approximate surface area is 123 Å². The molecule has 1 aromatic heterocycles. The maximum absolute atomic E-state index is 12.5. The highest BCUT2D eigenvalue weighted by atomic mass is 16.2. The monoisotopic (exact) mass is 286 g/mol. The van der Waals surface area contributed by atoms with E-state index in [4.69, 9.17) is 0 Å². The van der Waals surface area contributed by atoms with Crippen LogP contribution in [0.4, 0.5) is 10.6 Å². The number of anilines is 1. The van der Waals surface area contributed by atoms with Gasteiger partial charge >= 0.3 is 6.03 Å². The highest BCUT2D eigenvalue weighted by Gasteiger charge is 2.50. The summed E-state index contributed by atoms with van der Waals surface area (Å²) < 4.78 is 0. The Morgan fingerprint density at radius 3 is 2.81 bits per heavy atom. The molecule has 3 amide bonds. The van der Waals surface area contributed by atoms with E-state index in [0.717, 1.165) is 38.2 Å². The second kappa shape index (κ2) is 4.72. The number of urea groups is 1. The van der Waals surface area contributed by atoms with E-state index in [1.807, 2.05) is 18.2 Å². The van der Waals surface area contributed by atoms with Crippen LogP contribution in [-0.4, -0.2) is 58.4 Å². The average Bonchev–Trinajstić information content (AvgIpc) is 3.20. The first kappa shape index (κ1) is 12.6. The maximum atomic E-state index is 12.5. The van der Waals surface area contributed by atoms with Crippen molar-refractivity contribution in [2.45, 2.75) is 31.3 Å². The van der Waals surface area contributed by atoms with Crippen molar-refractivity contribution >= 4 is 17.8 Å². The lowest BCUT2D eigenvalue weighted by atomic mass is 10.2. The Morgan fingerprint density at radius 1 is 1.14 bits per heavy atom. The third-order valence-corrected chi connectivity index (χ3v) is 4.73. The molecule has 0 bridgehead atoms. The highest BCUT2D eigenvalue weighted by Crippen LogP contribution is 2.31. The molecule has 1 unspecified atom stereocenters. The van der Waals surface area contributed by atoms with Crippen molar-refractivity contribution < 1.29 is 9.59 Å². The summed E-state index contributed by atoms with van der Waals surface area (Å²) in [6.45, 7) is 2.25. The van der Waals surface area contributed by atoms with E-state index < -0.39 is 0 Å². The summed E-state index contributed by atoms with van der Waals surface area (Å²) in [5, 5.41) is 0. The fourth-order valence-corrected chi connectivity index (χ4v) is 3.68. The first-order valence-electron chi connectivity index (χ1n) is 7.55. The molecule has 1 aromatic rings. The molecule has 0 aliphatic carbocycles. The Morgan fingerprint density at radius 2 is 2.05 bits per heavy atom. The van der Waals surface area contributed by atoms with Crippen LogP contribution in [0.1, 0.15) is 19.3 Å². The highest BCUT2D eigenvalue weighted by molar-refractivity contribution is 6.05. The minimum absolute atomic E-state index is 0.00497. The smallest absolute Gasteiger partial charge is 0.327 e. The fourth-order valence-electron chi connectivity index (χ4n) is 3.68. The maximum Gasteiger partial charge on any atom is 0.327 e. The molecule has 3 aliphatic rings. The number of hydrogen-bond acceptors (Lipinski definition) is 4. The van der Waals surface area contributed by atoms with Crippen LogP contribution in [0.2, 0.25) is 0 Å². The SMILES string of the molecule is O=C1[C@H]2CCCN2C(=O)N1C1CCN(c2ccccn2)C1. The number of fused-ring (bicyclic) bond motifs is 1. The summed E-state index contributed by atoms with van der Waals surface area (Å²) in [4.78, 5) is 34.6. The van der Waals surface area contributed by atoms with Gasteiger partial charge in [-0.15, -0.1) is 0 Å². The Balaban J connectivity index is 1.51. The molecular weight excluding hydrogens is 268 g/mol. The van der Waals surface area contributed by atoms with Gasteiger partial charge in [0, 0.05) is 25.8 Å². The molecule has 0 spiro atoms. The van der Waals surface area contributed by atoms with Crippen LogP contribution >= 0.6 is 0 Å². The minimum atomic E-state index is -0.193. The lowest BCUT2D eigenvalue weighted by Gasteiger charge is -2.23. The zero-order valence-corrected chi connectivity index (χ0v) is 11.8. The molecule has 3 aliphatic heterocycles. The molecule has 3 fully saturated rings. The van der Waals surface area contributed by atoms with Crippen molar-refractivity contribution in [1.29, 1.82) is 0 Å². The topological polar surface area (TPSA) is 56.8 Å². The summed E-state index contributed by atoms with van der Waals surface area (Å²) in [5.74, 6) is 0.921. The van der Waals surface area contributed by atoms with Gasteiger partial charge in [-0.1, -0.05) is 6.07 Å². The van der Waals surface area contributed by atoms with E-state index >= 15 is 0 Å². The Hall–Kier alpha value is -2.11. The third-order valence-electron chi connectivity index (χ3n) is 4.73. The summed E-state index contributed by atoms with van der Waals surface area (Å²) in [5.41, 5.74) is 0. The van der Waals surface area contributed by atoms with E-state index in [0.29, 0.717) is 6.54 Å². The normalized spacial score (nSPS) is 28.7. The number of amides is 3. The van der Waals surface area contributed by atoms with Crippen molar-refractivity contribution in [1.82, 2.24) is 14.8 Å². The molecule has 0 radical (unpaired) electrons. The van der Waals surface area contributed by atoms with Crippen LogP contribution in [0.25, 0.3) is 0 Å². The minimum Gasteiger partial charge on any atom is -0.354 e. The van der Waals surface area contributed by atoms with Gasteiger partial charge in [0.2, 0.25) is 0 Å². The summed E-state index contributed by atoms with van der Waals surface area (Å²) >= 11 is 0. The Kier molecular flexibility index (Phi) is 2.83. The van der Waals surface area contributed by atoms with Gasteiger partial charge in [-0.3, -0.25) is 9.69 Å². The van der Waals surface area contributed by atoms with Gasteiger partial charge in [-0.05, 0) is 31.4 Å². The van der Waals surface area contributed by atoms with Crippen molar-refractivity contribution in [3.8, 4) is 0 Å². The standard InChI is InChI=1S/C15H18N4O2/c20-14-12-4-3-8-18(12)15(21)19(14)11-6-9-17(10-11)13-5-1-2-7-16-13/h1-2,5,7,11-12H,3-4,6,8-10H2/t11?,12-/m1/s1. The number of nitrogens with zero attached hydrogens (tertiary/aromatic N) is 4. The summed E-state index contributed by atoms with van der Waals surface area (Å²) in [6, 6.07) is 5.51. The predicted octanol–water partition coefficient (Wildman–Crippen LogP) is 1.09. The van der Waals surface area contributed by atoms with Crippen LogP contribution in [-0.2, 0) is 4.79 Å². The number of rotatable bonds is 2. The molecule has 110 valence electrons. The van der Waals surface area contributed by atoms with Crippen LogP contribution in [0.5, 0.6) is 0 Å². The molecule has 6 heteroatoms. The van der Waals surface area contributed by atoms with Crippen molar-refractivity contribution in [2.24, 2.45) is 0 Å². The second-order valence-corrected chi connectivity index (χ2v) is 5.92. The molecule has 0 aromatic carbocycles. The van der Waals surface area contributed by atoms with E-state index in [1.165, 1.54) is 4.90 Å². The van der Waals surface area contributed by atoms with Gasteiger partial charge in [0.15, 0.2) is 0 Å². The van der Waals surface area contributed by atoms with Crippen LogP contribution in [0.15, 0.2) is 24.4 Å². The molecule has 3 saturated heterocycles. The summed E-state index contributed by atoms with van der Waals surface area (Å²) in [7, 11) is 0. The number of imide groups is 1. The quantitative estimate of drug-likeness (QED) is 0.764. The lowest BCUT2D eigenvalue weighted by molar-refractivity contribution is -0.129. The molecule has 2 atom stereocenters. The first-order valence-corrected chi connectivity index (χ1v) is 7.55. The van der Waals surface area contributed by atoms with Gasteiger partial charge in [-0.2, -0.15) is 0 Å². The van der Waals surface area contributed by atoms with Crippen LogP contribution < -0.4 is 4.90 Å². The van der Waals surface area contributed by atoms with Gasteiger partial charge in [0.05, 0.1) is 6.04 Å². The van der Waals surface area contributed by atoms with Gasteiger partial charge in [0.1, 0.15) is 11.9 Å². The lowest BCUT2D eigenvalue weighted by Crippen LogP contribution is -2.43. The fraction of sp³-hybridized carbons (Fsp3) is 0.533. The van der Waals surface area contributed by atoms with E-state index in [2.05, 4.69) is 9.88 Å². The number of carbonyl (C=O) groups is 2. The third kappa shape index (κ3) is 1.89. The van der Waals surface area contributed by atoms with E-state index in [1.54, 1.807) is 11.1 Å². The van der Waals surface area contributed by atoms with Crippen LogP contribution in [0.3, 0.4) is 0 Å². The second-order valence-electron chi connectivity index (χ2n) is 5.92. The van der Waals surface area contributed by atoms with Crippen molar-refractivity contribution in [3.63, 3.8) is 0 Å². The van der Waals surface area contributed by atoms with E-state index in [9.17, 15) is 9.59 Å². The average molecular weight is 286 g/mol. The van der Waals surface area contributed by atoms with E-state index in [-0.39, 0.29) is 24.0 Å². The van der Waals surface area contributed by atoms with Gasteiger partial charge < -0.3 is 9.80 Å². The molecule has 0 N–H and O–H groups in total. The van der Waals surface area contributed by atoms with Crippen molar-refractivity contribution in [2.75, 3.05) is 24.5 Å². The number of pyridine rings is 1. The molecule has 0 saturated carbocycles. The summed E-state index contributed by atoms with van der Waals surface area (Å²) in [6.07, 6.45) is 4.36. The van der Waals surface area contributed by atoms with Gasteiger partial charge in [-0.25, -0.2) is 9.78 Å². The number of carbonyl (C=O) groups excluding carboxylic acids is 2. The van der Waals surface area contributed by atoms with Gasteiger partial charge in [0.25, 0.3) is 5.91 Å². The first-order chi connectivity index (χ1) is 10.3. The van der Waals surface area contributed by atoms with Crippen molar-refractivity contribution in [3.05, 3.63) is 24.4 Å². The zero-order chi connectivity index (χ0) is 14.4. The molecule has 6 nitrogen and oxygen atoms in total. The molecular formula is C15H18N4O2. The van der Waals surface area contributed by atoms with Crippen LogP contribution in [0, 0.1) is 0 Å². The largest absolute Gasteiger partial charge is 0.354 e. The molecule has 4 rings (SSSR count). The number of hydrogen-bond donors (Lipinski definition) is 0. The Bertz CT molecular complexity index is 554.